The number of hydrogen-bond acceptors (Lipinski definition) is 5. The molecule has 1 amide bonds. The number of hydrogen-bond donors (Lipinski definition) is 2. The zero-order valence-electron chi connectivity index (χ0n) is 13.7. The lowest BCUT2D eigenvalue weighted by atomic mass is 10.0. The van der Waals surface area contributed by atoms with Crippen molar-refractivity contribution in [1.82, 2.24) is 15.2 Å². The summed E-state index contributed by atoms with van der Waals surface area (Å²) in [5.74, 6) is 1.95. The van der Waals surface area contributed by atoms with Crippen LogP contribution in [-0.4, -0.2) is 33.1 Å². The minimum absolute atomic E-state index is 0.0383. The maximum atomic E-state index is 12.1. The van der Waals surface area contributed by atoms with E-state index >= 15 is 0 Å². The minimum atomic E-state index is -0.0383. The van der Waals surface area contributed by atoms with Crippen molar-refractivity contribution >= 4 is 35.1 Å². The Hall–Kier alpha value is -1.47. The van der Waals surface area contributed by atoms with Gasteiger partial charge in [-0.3, -0.25) is 9.89 Å². The third-order valence-corrected chi connectivity index (χ3v) is 5.82. The molecule has 0 radical (unpaired) electrons. The van der Waals surface area contributed by atoms with Crippen LogP contribution in [0.15, 0.2) is 34.3 Å². The highest BCUT2D eigenvalue weighted by Crippen LogP contribution is 2.28. The molecular formula is C17H22N4OS2. The fourth-order valence-electron chi connectivity index (χ4n) is 2.99. The quantitative estimate of drug-likeness (QED) is 0.729. The number of rotatable bonds is 7. The van der Waals surface area contributed by atoms with Gasteiger partial charge in [0.25, 0.3) is 0 Å². The molecule has 7 heteroatoms. The number of H-pyrrole nitrogens is 1. The SMILES string of the molecule is CSc1ccccc1NC(=O)CSc1n[nH]c(CC2CCCC2)n1. The Morgan fingerprint density at radius 1 is 1.33 bits per heavy atom. The van der Waals surface area contributed by atoms with Crippen LogP contribution in [0.25, 0.3) is 0 Å². The van der Waals surface area contributed by atoms with E-state index < -0.39 is 0 Å². The number of benzene rings is 1. The molecule has 2 aromatic rings. The van der Waals surface area contributed by atoms with Crippen LogP contribution in [0.1, 0.15) is 31.5 Å². The summed E-state index contributed by atoms with van der Waals surface area (Å²) in [6.07, 6.45) is 8.22. The molecule has 2 N–H and O–H groups in total. The first-order chi connectivity index (χ1) is 11.7. The van der Waals surface area contributed by atoms with E-state index in [-0.39, 0.29) is 5.91 Å². The molecule has 5 nitrogen and oxygen atoms in total. The third-order valence-electron chi connectivity index (χ3n) is 4.18. The van der Waals surface area contributed by atoms with E-state index in [2.05, 4.69) is 20.5 Å². The smallest absolute Gasteiger partial charge is 0.234 e. The summed E-state index contributed by atoms with van der Waals surface area (Å²) in [5, 5.41) is 10.8. The lowest BCUT2D eigenvalue weighted by Crippen LogP contribution is -2.14. The molecule has 1 fully saturated rings. The monoisotopic (exact) mass is 362 g/mol. The summed E-state index contributed by atoms with van der Waals surface area (Å²) in [7, 11) is 0. The number of aromatic nitrogens is 3. The molecule has 1 heterocycles. The van der Waals surface area contributed by atoms with E-state index in [1.807, 2.05) is 30.5 Å². The number of para-hydroxylation sites is 1. The highest BCUT2D eigenvalue weighted by atomic mass is 32.2. The minimum Gasteiger partial charge on any atom is -0.324 e. The Morgan fingerprint density at radius 3 is 2.92 bits per heavy atom. The molecule has 24 heavy (non-hydrogen) atoms. The Bertz CT molecular complexity index is 683. The first-order valence-corrected chi connectivity index (χ1v) is 10.4. The molecule has 1 aliphatic rings. The number of nitrogens with zero attached hydrogens (tertiary/aromatic N) is 2. The number of thioether (sulfide) groups is 2. The van der Waals surface area contributed by atoms with Gasteiger partial charge in [0, 0.05) is 11.3 Å². The van der Waals surface area contributed by atoms with Crippen molar-refractivity contribution in [2.24, 2.45) is 5.92 Å². The molecule has 3 rings (SSSR count). The van der Waals surface area contributed by atoms with Crippen LogP contribution < -0.4 is 5.32 Å². The fraction of sp³-hybridized carbons (Fsp3) is 0.471. The van der Waals surface area contributed by atoms with Crippen LogP contribution in [0.4, 0.5) is 5.69 Å². The van der Waals surface area contributed by atoms with Crippen LogP contribution >= 0.6 is 23.5 Å². The molecule has 0 bridgehead atoms. The van der Waals surface area contributed by atoms with E-state index in [1.165, 1.54) is 37.4 Å². The van der Waals surface area contributed by atoms with Gasteiger partial charge in [-0.25, -0.2) is 4.98 Å². The lowest BCUT2D eigenvalue weighted by molar-refractivity contribution is -0.113. The number of carbonyl (C=O) groups excluding carboxylic acids is 1. The largest absolute Gasteiger partial charge is 0.324 e. The van der Waals surface area contributed by atoms with E-state index in [4.69, 9.17) is 0 Å². The second kappa shape index (κ2) is 8.58. The first-order valence-electron chi connectivity index (χ1n) is 8.21. The van der Waals surface area contributed by atoms with Gasteiger partial charge in [0.1, 0.15) is 5.82 Å². The summed E-state index contributed by atoms with van der Waals surface area (Å²) in [6, 6.07) is 7.81. The molecule has 1 aromatic heterocycles. The zero-order valence-corrected chi connectivity index (χ0v) is 15.4. The van der Waals surface area contributed by atoms with E-state index in [9.17, 15) is 4.79 Å². The van der Waals surface area contributed by atoms with Gasteiger partial charge in [0.05, 0.1) is 11.4 Å². The highest BCUT2D eigenvalue weighted by molar-refractivity contribution is 7.99. The Balaban J connectivity index is 1.48. The Kier molecular flexibility index (Phi) is 6.20. The molecule has 0 unspecified atom stereocenters. The molecule has 0 atom stereocenters. The predicted octanol–water partition coefficient (Wildman–Crippen LogP) is 3.99. The van der Waals surface area contributed by atoms with E-state index in [0.29, 0.717) is 10.9 Å². The summed E-state index contributed by atoms with van der Waals surface area (Å²) in [4.78, 5) is 17.7. The lowest BCUT2D eigenvalue weighted by Gasteiger charge is -2.08. The predicted molar refractivity (Wildman–Crippen MR) is 99.6 cm³/mol. The summed E-state index contributed by atoms with van der Waals surface area (Å²) in [6.45, 7) is 0. The van der Waals surface area contributed by atoms with Crippen LogP contribution in [-0.2, 0) is 11.2 Å². The van der Waals surface area contributed by atoms with Crippen molar-refractivity contribution in [3.8, 4) is 0 Å². The highest BCUT2D eigenvalue weighted by Gasteiger charge is 2.17. The third kappa shape index (κ3) is 4.77. The van der Waals surface area contributed by atoms with Crippen molar-refractivity contribution < 1.29 is 4.79 Å². The first kappa shape index (κ1) is 17.4. The van der Waals surface area contributed by atoms with Gasteiger partial charge in [-0.2, -0.15) is 0 Å². The molecule has 0 saturated heterocycles. The van der Waals surface area contributed by atoms with E-state index in [1.54, 1.807) is 11.8 Å². The number of nitrogens with one attached hydrogen (secondary N) is 2. The van der Waals surface area contributed by atoms with Gasteiger partial charge in [-0.1, -0.05) is 49.6 Å². The molecule has 128 valence electrons. The summed E-state index contributed by atoms with van der Waals surface area (Å²) >= 11 is 2.99. The maximum absolute atomic E-state index is 12.1. The number of aromatic amines is 1. The average molecular weight is 363 g/mol. The molecule has 0 spiro atoms. The van der Waals surface area contributed by atoms with Crippen LogP contribution in [0, 0.1) is 5.92 Å². The number of anilines is 1. The molecule has 1 aromatic carbocycles. The van der Waals surface area contributed by atoms with Crippen molar-refractivity contribution in [3.63, 3.8) is 0 Å². The van der Waals surface area contributed by atoms with Crippen LogP contribution in [0.3, 0.4) is 0 Å². The molecular weight excluding hydrogens is 340 g/mol. The van der Waals surface area contributed by atoms with Crippen molar-refractivity contribution in [1.29, 1.82) is 0 Å². The van der Waals surface area contributed by atoms with Crippen molar-refractivity contribution in [2.75, 3.05) is 17.3 Å². The summed E-state index contributed by atoms with van der Waals surface area (Å²) < 4.78 is 0. The molecule has 1 saturated carbocycles. The van der Waals surface area contributed by atoms with Crippen LogP contribution in [0.5, 0.6) is 0 Å². The standard InChI is InChI=1S/C17H22N4OS2/c1-23-14-9-5-4-8-13(14)18-16(22)11-24-17-19-15(20-21-17)10-12-6-2-3-7-12/h4-5,8-9,12H,2-3,6-7,10-11H2,1H3,(H,18,22)(H,19,20,21). The van der Waals surface area contributed by atoms with E-state index in [0.717, 1.165) is 28.7 Å². The molecule has 1 aliphatic carbocycles. The fourth-order valence-corrected chi connectivity index (χ4v) is 4.16. The van der Waals surface area contributed by atoms with Crippen molar-refractivity contribution in [3.05, 3.63) is 30.1 Å². The van der Waals surface area contributed by atoms with Gasteiger partial charge >= 0.3 is 0 Å². The van der Waals surface area contributed by atoms with Gasteiger partial charge in [-0.05, 0) is 24.3 Å². The summed E-state index contributed by atoms with van der Waals surface area (Å²) in [5.41, 5.74) is 0.854. The molecule has 0 aliphatic heterocycles. The van der Waals surface area contributed by atoms with Gasteiger partial charge in [-0.15, -0.1) is 16.9 Å². The number of carbonyl (C=O) groups is 1. The van der Waals surface area contributed by atoms with Gasteiger partial charge < -0.3 is 5.32 Å². The second-order valence-electron chi connectivity index (χ2n) is 5.96. The van der Waals surface area contributed by atoms with Crippen LogP contribution in [0.2, 0.25) is 0 Å². The van der Waals surface area contributed by atoms with Gasteiger partial charge in [0.15, 0.2) is 0 Å². The maximum Gasteiger partial charge on any atom is 0.234 e. The Labute approximate surface area is 150 Å². The van der Waals surface area contributed by atoms with Gasteiger partial charge in [0.2, 0.25) is 11.1 Å². The topological polar surface area (TPSA) is 70.7 Å². The number of amides is 1. The second-order valence-corrected chi connectivity index (χ2v) is 7.75. The van der Waals surface area contributed by atoms with Crippen molar-refractivity contribution in [2.45, 2.75) is 42.2 Å². The average Bonchev–Trinajstić information content (AvgIpc) is 3.26. The normalized spacial score (nSPS) is 14.9. The zero-order chi connectivity index (χ0) is 16.8. The Morgan fingerprint density at radius 2 is 2.12 bits per heavy atom.